The van der Waals surface area contributed by atoms with Gasteiger partial charge in [-0.15, -0.1) is 11.3 Å². The van der Waals surface area contributed by atoms with Crippen molar-refractivity contribution >= 4 is 63.0 Å². The number of nitrogens with zero attached hydrogens (tertiary/aromatic N) is 1. The standard InChI is InChI=1S/C33H34ClNO3S2/c1-32(2,38)26-9-4-3-7-23(26)11-14-28(39-21-33(16-17-33)20-31(36)37)24-8-5-6-22(18-24)10-12-25-13-15-29-27(35-25)19-30(34)40-29/h3-10,12-13,15,18-19,28,38H,11,14,16-17,20-21H2,1-2H3,(H,36,37)/b12-10+. The zero-order valence-corrected chi connectivity index (χ0v) is 25.2. The molecule has 2 aromatic heterocycles. The highest BCUT2D eigenvalue weighted by Crippen LogP contribution is 2.53. The van der Waals surface area contributed by atoms with E-state index in [4.69, 9.17) is 16.6 Å². The lowest BCUT2D eigenvalue weighted by Crippen LogP contribution is -2.18. The van der Waals surface area contributed by atoms with Gasteiger partial charge in [0.25, 0.3) is 0 Å². The lowest BCUT2D eigenvalue weighted by Gasteiger charge is -2.24. The molecule has 2 N–H and O–H groups in total. The first-order valence-electron chi connectivity index (χ1n) is 13.6. The van der Waals surface area contributed by atoms with E-state index >= 15 is 0 Å². The number of aliphatic hydroxyl groups is 1. The Morgan fingerprint density at radius 1 is 1.12 bits per heavy atom. The van der Waals surface area contributed by atoms with Crippen LogP contribution in [-0.2, 0) is 16.8 Å². The van der Waals surface area contributed by atoms with Crippen LogP contribution in [0.4, 0.5) is 0 Å². The SMILES string of the molecule is CC(C)(O)c1ccccc1CCC(SCC1(CC(=O)O)CC1)c1cccc(/C=C/c2ccc3sc(Cl)cc3n2)c1. The highest BCUT2D eigenvalue weighted by molar-refractivity contribution is 7.99. The topological polar surface area (TPSA) is 70.4 Å². The van der Waals surface area contributed by atoms with Crippen LogP contribution in [0.3, 0.4) is 0 Å². The number of hydrogen-bond donors (Lipinski definition) is 2. The van der Waals surface area contributed by atoms with Crippen molar-refractivity contribution < 1.29 is 15.0 Å². The third-order valence-electron chi connectivity index (χ3n) is 7.52. The van der Waals surface area contributed by atoms with Crippen LogP contribution in [0.1, 0.15) is 72.7 Å². The predicted molar refractivity (Wildman–Crippen MR) is 169 cm³/mol. The van der Waals surface area contributed by atoms with Crippen molar-refractivity contribution in [2.45, 2.75) is 56.8 Å². The van der Waals surface area contributed by atoms with Crippen molar-refractivity contribution in [2.24, 2.45) is 5.41 Å². The summed E-state index contributed by atoms with van der Waals surface area (Å²) in [4.78, 5) is 16.2. The second-order valence-electron chi connectivity index (χ2n) is 11.3. The zero-order valence-electron chi connectivity index (χ0n) is 22.8. The maximum absolute atomic E-state index is 11.5. The maximum atomic E-state index is 11.5. The van der Waals surface area contributed by atoms with Gasteiger partial charge in [0.15, 0.2) is 0 Å². The molecule has 5 rings (SSSR count). The van der Waals surface area contributed by atoms with Crippen LogP contribution in [-0.4, -0.2) is 26.9 Å². The molecule has 0 radical (unpaired) electrons. The monoisotopic (exact) mass is 591 g/mol. The van der Waals surface area contributed by atoms with Gasteiger partial charge in [0.1, 0.15) is 0 Å². The summed E-state index contributed by atoms with van der Waals surface area (Å²) in [6.45, 7) is 3.66. The number of benzene rings is 2. The van der Waals surface area contributed by atoms with Crippen molar-refractivity contribution in [3.63, 3.8) is 0 Å². The van der Waals surface area contributed by atoms with E-state index in [1.54, 1.807) is 0 Å². The van der Waals surface area contributed by atoms with E-state index in [2.05, 4.69) is 42.5 Å². The predicted octanol–water partition coefficient (Wildman–Crippen LogP) is 9.01. The first-order chi connectivity index (χ1) is 19.1. The Kier molecular flexibility index (Phi) is 8.72. The number of rotatable bonds is 12. The van der Waals surface area contributed by atoms with E-state index in [0.29, 0.717) is 0 Å². The highest BCUT2D eigenvalue weighted by Gasteiger charge is 2.44. The molecule has 2 heterocycles. The number of halogens is 1. The molecule has 0 saturated heterocycles. The minimum absolute atomic E-state index is 0.0773. The zero-order chi connectivity index (χ0) is 28.3. The van der Waals surface area contributed by atoms with Crippen LogP contribution in [0.25, 0.3) is 22.4 Å². The van der Waals surface area contributed by atoms with Gasteiger partial charge in [-0.1, -0.05) is 66.2 Å². The Hall–Kier alpha value is -2.64. The molecule has 0 amide bonds. The molecular weight excluding hydrogens is 558 g/mol. The normalized spacial score (nSPS) is 15.5. The number of carboxylic acid groups (broad SMARTS) is 1. The van der Waals surface area contributed by atoms with Crippen LogP contribution < -0.4 is 0 Å². The second-order valence-corrected chi connectivity index (χ2v) is 14.2. The van der Waals surface area contributed by atoms with E-state index < -0.39 is 11.6 Å². The fraction of sp³-hybridized carbons (Fsp3) is 0.333. The van der Waals surface area contributed by atoms with Crippen LogP contribution in [0, 0.1) is 5.41 Å². The Morgan fingerprint density at radius 3 is 2.67 bits per heavy atom. The van der Waals surface area contributed by atoms with Crippen LogP contribution >= 0.6 is 34.7 Å². The number of hydrogen-bond acceptors (Lipinski definition) is 5. The minimum Gasteiger partial charge on any atom is -0.481 e. The van der Waals surface area contributed by atoms with E-state index in [9.17, 15) is 15.0 Å². The molecule has 40 heavy (non-hydrogen) atoms. The molecule has 0 spiro atoms. The summed E-state index contributed by atoms with van der Waals surface area (Å²) in [7, 11) is 0. The Bertz CT molecular complexity index is 1530. The average molecular weight is 592 g/mol. The fourth-order valence-corrected chi connectivity index (χ4v) is 7.81. The Labute approximate surface area is 249 Å². The fourth-order valence-electron chi connectivity index (χ4n) is 5.16. The van der Waals surface area contributed by atoms with Crippen LogP contribution in [0.15, 0.2) is 66.7 Å². The van der Waals surface area contributed by atoms with Crippen molar-refractivity contribution in [1.29, 1.82) is 0 Å². The number of aromatic nitrogens is 1. The molecule has 1 aliphatic carbocycles. The first kappa shape index (κ1) is 28.9. The lowest BCUT2D eigenvalue weighted by molar-refractivity contribution is -0.138. The summed E-state index contributed by atoms with van der Waals surface area (Å²) in [5.41, 5.74) is 5.23. The Balaban J connectivity index is 1.37. The van der Waals surface area contributed by atoms with Crippen molar-refractivity contribution in [3.8, 4) is 0 Å². The highest BCUT2D eigenvalue weighted by atomic mass is 35.5. The number of carbonyl (C=O) groups is 1. The average Bonchev–Trinajstić information content (AvgIpc) is 3.56. The van der Waals surface area contributed by atoms with E-state index in [1.165, 1.54) is 16.9 Å². The smallest absolute Gasteiger partial charge is 0.303 e. The van der Waals surface area contributed by atoms with Crippen LogP contribution in [0.5, 0.6) is 0 Å². The molecular formula is C33H34ClNO3S2. The number of aliphatic carboxylic acids is 1. The third kappa shape index (κ3) is 7.35. The molecule has 7 heteroatoms. The van der Waals surface area contributed by atoms with Gasteiger partial charge < -0.3 is 10.2 Å². The molecule has 4 aromatic rings. The van der Waals surface area contributed by atoms with E-state index in [-0.39, 0.29) is 17.1 Å². The molecule has 1 atom stereocenters. The summed E-state index contributed by atoms with van der Waals surface area (Å²) in [6.07, 6.45) is 8.04. The van der Waals surface area contributed by atoms with Gasteiger partial charge in [0, 0.05) is 11.0 Å². The Morgan fingerprint density at radius 2 is 1.93 bits per heavy atom. The number of pyridine rings is 1. The van der Waals surface area contributed by atoms with Gasteiger partial charge in [0.05, 0.1) is 32.3 Å². The van der Waals surface area contributed by atoms with Gasteiger partial charge >= 0.3 is 5.97 Å². The third-order valence-corrected chi connectivity index (χ3v) is 10.4. The van der Waals surface area contributed by atoms with Crippen molar-refractivity contribution in [3.05, 3.63) is 99.0 Å². The molecule has 0 aliphatic heterocycles. The number of carboxylic acids is 1. The van der Waals surface area contributed by atoms with Gasteiger partial charge in [-0.05, 0) is 91.5 Å². The van der Waals surface area contributed by atoms with Gasteiger partial charge in [0.2, 0.25) is 0 Å². The maximum Gasteiger partial charge on any atom is 0.303 e. The van der Waals surface area contributed by atoms with E-state index in [0.717, 1.165) is 68.4 Å². The molecule has 1 unspecified atom stereocenters. The lowest BCUT2D eigenvalue weighted by atomic mass is 9.90. The summed E-state index contributed by atoms with van der Waals surface area (Å²) < 4.78 is 1.81. The van der Waals surface area contributed by atoms with Crippen molar-refractivity contribution in [1.82, 2.24) is 4.98 Å². The minimum atomic E-state index is -0.908. The quantitative estimate of drug-likeness (QED) is 0.172. The molecule has 2 aromatic carbocycles. The number of thioether (sulfide) groups is 1. The largest absolute Gasteiger partial charge is 0.481 e. The molecule has 1 saturated carbocycles. The number of thiophene rings is 1. The van der Waals surface area contributed by atoms with Gasteiger partial charge in [-0.3, -0.25) is 4.79 Å². The second kappa shape index (κ2) is 12.1. The number of fused-ring (bicyclic) bond motifs is 1. The molecule has 4 nitrogen and oxygen atoms in total. The summed E-state index contributed by atoms with van der Waals surface area (Å²) in [6, 6.07) is 22.7. The van der Waals surface area contributed by atoms with Crippen LogP contribution in [0.2, 0.25) is 4.34 Å². The summed E-state index contributed by atoms with van der Waals surface area (Å²) in [5.74, 6) is 0.127. The van der Waals surface area contributed by atoms with E-state index in [1.807, 2.05) is 62.0 Å². The summed E-state index contributed by atoms with van der Waals surface area (Å²) in [5, 5.41) is 20.4. The molecule has 208 valence electrons. The molecule has 0 bridgehead atoms. The first-order valence-corrected chi connectivity index (χ1v) is 15.8. The summed E-state index contributed by atoms with van der Waals surface area (Å²) >= 11 is 9.55. The molecule has 1 fully saturated rings. The number of aryl methyl sites for hydroxylation is 1. The van der Waals surface area contributed by atoms with Gasteiger partial charge in [-0.2, -0.15) is 11.8 Å². The molecule has 1 aliphatic rings. The van der Waals surface area contributed by atoms with Gasteiger partial charge in [-0.25, -0.2) is 4.98 Å². The van der Waals surface area contributed by atoms with Crippen molar-refractivity contribution in [2.75, 3.05) is 5.75 Å².